The molecule has 0 amide bonds. The molecule has 0 bridgehead atoms. The van der Waals surface area contributed by atoms with Gasteiger partial charge >= 0.3 is 0 Å². The molecule has 0 saturated heterocycles. The molecule has 19 heavy (non-hydrogen) atoms. The Kier molecular flexibility index (Phi) is 4.55. The summed E-state index contributed by atoms with van der Waals surface area (Å²) < 4.78 is 5.41. The Morgan fingerprint density at radius 1 is 1.05 bits per heavy atom. The SMILES string of the molecule is Cc1c(CO)cccc1-c1cccc(OCCO)c1. The van der Waals surface area contributed by atoms with Gasteiger partial charge in [0.25, 0.3) is 0 Å². The maximum Gasteiger partial charge on any atom is 0.120 e. The minimum atomic E-state index is 0.00323. The number of aliphatic hydroxyl groups excluding tert-OH is 2. The van der Waals surface area contributed by atoms with Gasteiger partial charge < -0.3 is 14.9 Å². The van der Waals surface area contributed by atoms with Gasteiger partial charge in [-0.15, -0.1) is 0 Å². The van der Waals surface area contributed by atoms with Crippen LogP contribution in [0.25, 0.3) is 11.1 Å². The lowest BCUT2D eigenvalue weighted by Gasteiger charge is -2.11. The highest BCUT2D eigenvalue weighted by atomic mass is 16.5. The van der Waals surface area contributed by atoms with Crippen molar-refractivity contribution in [1.82, 2.24) is 0 Å². The fraction of sp³-hybridized carbons (Fsp3) is 0.250. The number of rotatable bonds is 5. The van der Waals surface area contributed by atoms with Crippen LogP contribution >= 0.6 is 0 Å². The van der Waals surface area contributed by atoms with Gasteiger partial charge in [-0.3, -0.25) is 0 Å². The van der Waals surface area contributed by atoms with Crippen LogP contribution in [0.3, 0.4) is 0 Å². The lowest BCUT2D eigenvalue weighted by Crippen LogP contribution is -2.01. The number of aliphatic hydroxyl groups is 2. The maximum atomic E-state index is 9.31. The third-order valence-electron chi connectivity index (χ3n) is 3.12. The smallest absolute Gasteiger partial charge is 0.120 e. The number of ether oxygens (including phenoxy) is 1. The first-order valence-electron chi connectivity index (χ1n) is 6.29. The molecule has 0 spiro atoms. The van der Waals surface area contributed by atoms with Crippen LogP contribution in [0, 0.1) is 6.92 Å². The molecule has 0 unspecified atom stereocenters. The van der Waals surface area contributed by atoms with Crippen molar-refractivity contribution in [3.8, 4) is 16.9 Å². The Hall–Kier alpha value is -1.84. The molecule has 0 heterocycles. The maximum absolute atomic E-state index is 9.31. The average molecular weight is 258 g/mol. The van der Waals surface area contributed by atoms with Crippen LogP contribution in [0.5, 0.6) is 5.75 Å². The van der Waals surface area contributed by atoms with Gasteiger partial charge in [-0.25, -0.2) is 0 Å². The Morgan fingerprint density at radius 3 is 2.58 bits per heavy atom. The van der Waals surface area contributed by atoms with Crippen LogP contribution in [0.15, 0.2) is 42.5 Å². The van der Waals surface area contributed by atoms with Crippen molar-refractivity contribution in [2.75, 3.05) is 13.2 Å². The summed E-state index contributed by atoms with van der Waals surface area (Å²) in [7, 11) is 0. The molecule has 3 nitrogen and oxygen atoms in total. The first-order chi connectivity index (χ1) is 9.26. The number of hydrogen-bond donors (Lipinski definition) is 2. The quantitative estimate of drug-likeness (QED) is 0.866. The van der Waals surface area contributed by atoms with Gasteiger partial charge in [0, 0.05) is 0 Å². The second-order valence-electron chi connectivity index (χ2n) is 4.35. The van der Waals surface area contributed by atoms with Crippen molar-refractivity contribution in [2.45, 2.75) is 13.5 Å². The van der Waals surface area contributed by atoms with Gasteiger partial charge in [0.15, 0.2) is 0 Å². The van der Waals surface area contributed by atoms with E-state index in [2.05, 4.69) is 0 Å². The highest BCUT2D eigenvalue weighted by molar-refractivity contribution is 5.69. The zero-order valence-corrected chi connectivity index (χ0v) is 11.0. The topological polar surface area (TPSA) is 49.7 Å². The lowest BCUT2D eigenvalue weighted by molar-refractivity contribution is 0.201. The van der Waals surface area contributed by atoms with E-state index in [-0.39, 0.29) is 13.2 Å². The molecule has 2 aromatic carbocycles. The molecule has 0 fully saturated rings. The van der Waals surface area contributed by atoms with Crippen LogP contribution in [-0.2, 0) is 6.61 Å². The Bertz CT molecular complexity index is 549. The van der Waals surface area contributed by atoms with Gasteiger partial charge in [-0.2, -0.15) is 0 Å². The Labute approximate surface area is 113 Å². The minimum absolute atomic E-state index is 0.00323. The molecule has 0 saturated carbocycles. The summed E-state index contributed by atoms with van der Waals surface area (Å²) in [5.74, 6) is 0.736. The third kappa shape index (κ3) is 3.13. The summed E-state index contributed by atoms with van der Waals surface area (Å²) in [5, 5.41) is 18.1. The molecule has 100 valence electrons. The van der Waals surface area contributed by atoms with E-state index < -0.39 is 0 Å². The molecule has 0 aliphatic carbocycles. The van der Waals surface area contributed by atoms with Crippen LogP contribution in [0.1, 0.15) is 11.1 Å². The van der Waals surface area contributed by atoms with Crippen LogP contribution in [-0.4, -0.2) is 23.4 Å². The molecular formula is C16H18O3. The molecule has 2 aromatic rings. The fourth-order valence-electron chi connectivity index (χ4n) is 2.08. The monoisotopic (exact) mass is 258 g/mol. The minimum Gasteiger partial charge on any atom is -0.491 e. The van der Waals surface area contributed by atoms with Crippen molar-refractivity contribution < 1.29 is 14.9 Å². The molecule has 3 heteroatoms. The highest BCUT2D eigenvalue weighted by Crippen LogP contribution is 2.28. The molecule has 0 aromatic heterocycles. The van der Waals surface area contributed by atoms with Crippen molar-refractivity contribution in [3.63, 3.8) is 0 Å². The van der Waals surface area contributed by atoms with Crippen LogP contribution < -0.4 is 4.74 Å². The molecular weight excluding hydrogens is 240 g/mol. The molecule has 0 aliphatic heterocycles. The summed E-state index contributed by atoms with van der Waals surface area (Å²) in [4.78, 5) is 0. The van der Waals surface area contributed by atoms with E-state index >= 15 is 0 Å². The number of hydrogen-bond acceptors (Lipinski definition) is 3. The van der Waals surface area contributed by atoms with Crippen molar-refractivity contribution in [1.29, 1.82) is 0 Å². The van der Waals surface area contributed by atoms with Gasteiger partial charge in [0.2, 0.25) is 0 Å². The summed E-state index contributed by atoms with van der Waals surface area (Å²) in [5.41, 5.74) is 4.13. The van der Waals surface area contributed by atoms with E-state index in [4.69, 9.17) is 9.84 Å². The Balaban J connectivity index is 2.36. The van der Waals surface area contributed by atoms with Gasteiger partial charge in [0.1, 0.15) is 12.4 Å². The van der Waals surface area contributed by atoms with E-state index in [1.165, 1.54) is 0 Å². The van der Waals surface area contributed by atoms with Crippen LogP contribution in [0.4, 0.5) is 0 Å². The molecule has 0 aliphatic rings. The van der Waals surface area contributed by atoms with Crippen molar-refractivity contribution >= 4 is 0 Å². The zero-order valence-electron chi connectivity index (χ0n) is 11.0. The summed E-state index contributed by atoms with van der Waals surface area (Å²) >= 11 is 0. The van der Waals surface area contributed by atoms with Crippen LogP contribution in [0.2, 0.25) is 0 Å². The summed E-state index contributed by atoms with van der Waals surface area (Å²) in [6, 6.07) is 13.6. The first-order valence-corrected chi connectivity index (χ1v) is 6.29. The van der Waals surface area contributed by atoms with E-state index in [1.54, 1.807) is 0 Å². The predicted octanol–water partition coefficient (Wildman–Crippen LogP) is 2.53. The lowest BCUT2D eigenvalue weighted by atomic mass is 9.96. The highest BCUT2D eigenvalue weighted by Gasteiger charge is 2.06. The van der Waals surface area contributed by atoms with Crippen molar-refractivity contribution in [2.24, 2.45) is 0 Å². The Morgan fingerprint density at radius 2 is 1.84 bits per heavy atom. The summed E-state index contributed by atoms with van der Waals surface area (Å²) in [6.45, 7) is 2.34. The molecule has 2 N–H and O–H groups in total. The second kappa shape index (κ2) is 6.36. The standard InChI is InChI=1S/C16H18O3/c1-12-14(11-18)5-3-7-16(12)13-4-2-6-15(10-13)19-9-8-17/h2-7,10,17-18H,8-9,11H2,1H3. The molecule has 0 atom stereocenters. The van der Waals surface area contributed by atoms with E-state index in [1.807, 2.05) is 49.4 Å². The first kappa shape index (κ1) is 13.6. The largest absolute Gasteiger partial charge is 0.491 e. The van der Waals surface area contributed by atoms with Gasteiger partial charge in [-0.1, -0.05) is 30.3 Å². The van der Waals surface area contributed by atoms with E-state index in [0.717, 1.165) is 28.0 Å². The fourth-order valence-corrected chi connectivity index (χ4v) is 2.08. The molecule has 0 radical (unpaired) electrons. The third-order valence-corrected chi connectivity index (χ3v) is 3.12. The predicted molar refractivity (Wildman–Crippen MR) is 75.1 cm³/mol. The van der Waals surface area contributed by atoms with Crippen molar-refractivity contribution in [3.05, 3.63) is 53.6 Å². The van der Waals surface area contributed by atoms with Gasteiger partial charge in [-0.05, 0) is 41.3 Å². The normalized spacial score (nSPS) is 10.5. The average Bonchev–Trinajstić information content (AvgIpc) is 2.45. The second-order valence-corrected chi connectivity index (χ2v) is 4.35. The summed E-state index contributed by atoms with van der Waals surface area (Å²) in [6.07, 6.45) is 0. The van der Waals surface area contributed by atoms with Gasteiger partial charge in [0.05, 0.1) is 13.2 Å². The molecule has 2 rings (SSSR count). The number of benzene rings is 2. The van der Waals surface area contributed by atoms with E-state index in [9.17, 15) is 5.11 Å². The zero-order chi connectivity index (χ0) is 13.7. The van der Waals surface area contributed by atoms with E-state index in [0.29, 0.717) is 6.61 Å².